The summed E-state index contributed by atoms with van der Waals surface area (Å²) in [6.07, 6.45) is -2.08. The molecule has 0 N–H and O–H groups in total. The lowest BCUT2D eigenvalue weighted by molar-refractivity contribution is -0.139. The van der Waals surface area contributed by atoms with Gasteiger partial charge in [0.1, 0.15) is 6.54 Å². The highest BCUT2D eigenvalue weighted by atomic mass is 32.1. The number of amides is 1. The van der Waals surface area contributed by atoms with Crippen LogP contribution in [0.25, 0.3) is 0 Å². The molecular weight excluding hydrogens is 341 g/mol. The molecule has 0 aromatic carbocycles. The van der Waals surface area contributed by atoms with E-state index < -0.39 is 17.3 Å². The number of alkyl halides is 3. The minimum atomic E-state index is -4.55. The van der Waals surface area contributed by atoms with Crippen molar-refractivity contribution < 1.29 is 18.0 Å². The van der Waals surface area contributed by atoms with Crippen LogP contribution in [-0.4, -0.2) is 21.4 Å². The fraction of sp³-hybridized carbons (Fsp3) is 0.375. The Kier molecular flexibility index (Phi) is 4.49. The summed E-state index contributed by atoms with van der Waals surface area (Å²) in [5, 5.41) is 1.90. The summed E-state index contributed by atoms with van der Waals surface area (Å²) < 4.78 is 39.2. The molecule has 0 bridgehead atoms. The molecule has 1 aliphatic rings. The lowest BCUT2D eigenvalue weighted by Gasteiger charge is -2.22. The van der Waals surface area contributed by atoms with E-state index >= 15 is 0 Å². The van der Waals surface area contributed by atoms with Gasteiger partial charge in [0.05, 0.1) is 12.1 Å². The summed E-state index contributed by atoms with van der Waals surface area (Å²) in [5.74, 6) is -0.340. The normalized spacial score (nSPS) is 14.6. The number of hydrogen-bond acceptors (Lipinski definition) is 3. The van der Waals surface area contributed by atoms with Gasteiger partial charge in [-0.05, 0) is 30.4 Å². The van der Waals surface area contributed by atoms with Crippen molar-refractivity contribution in [3.63, 3.8) is 0 Å². The van der Waals surface area contributed by atoms with Gasteiger partial charge in [0.15, 0.2) is 0 Å². The molecule has 1 aliphatic carbocycles. The Morgan fingerprint density at radius 2 is 2.04 bits per heavy atom. The molecule has 0 unspecified atom stereocenters. The van der Waals surface area contributed by atoms with Crippen molar-refractivity contribution in [2.24, 2.45) is 0 Å². The monoisotopic (exact) mass is 356 g/mol. The van der Waals surface area contributed by atoms with Crippen LogP contribution in [0, 0.1) is 0 Å². The van der Waals surface area contributed by atoms with Crippen LogP contribution < -0.4 is 5.56 Å². The fourth-order valence-electron chi connectivity index (χ4n) is 2.44. The lowest BCUT2D eigenvalue weighted by atomic mass is 10.2. The number of aromatic nitrogens is 1. The molecule has 2 aromatic rings. The maximum Gasteiger partial charge on any atom is 0.417 e. The van der Waals surface area contributed by atoms with E-state index in [-0.39, 0.29) is 18.5 Å². The van der Waals surface area contributed by atoms with Gasteiger partial charge in [-0.15, -0.1) is 11.3 Å². The highest BCUT2D eigenvalue weighted by molar-refractivity contribution is 7.09. The average molecular weight is 356 g/mol. The first-order chi connectivity index (χ1) is 11.3. The fourth-order valence-corrected chi connectivity index (χ4v) is 3.14. The molecular formula is C16H15F3N2O2S. The minimum Gasteiger partial charge on any atom is -0.333 e. The maximum absolute atomic E-state index is 12.8. The molecule has 3 rings (SSSR count). The van der Waals surface area contributed by atoms with E-state index in [9.17, 15) is 22.8 Å². The molecule has 1 fully saturated rings. The molecule has 1 amide bonds. The summed E-state index contributed by atoms with van der Waals surface area (Å²) in [6, 6.07) is 5.47. The van der Waals surface area contributed by atoms with Gasteiger partial charge in [0.2, 0.25) is 5.91 Å². The van der Waals surface area contributed by atoms with E-state index in [1.165, 1.54) is 11.3 Å². The van der Waals surface area contributed by atoms with Gasteiger partial charge in [0.25, 0.3) is 5.56 Å². The smallest absolute Gasteiger partial charge is 0.333 e. The van der Waals surface area contributed by atoms with E-state index in [1.807, 2.05) is 17.5 Å². The van der Waals surface area contributed by atoms with Crippen molar-refractivity contribution in [3.05, 3.63) is 56.6 Å². The summed E-state index contributed by atoms with van der Waals surface area (Å²) in [5.41, 5.74) is -1.56. The van der Waals surface area contributed by atoms with E-state index in [2.05, 4.69) is 0 Å². The van der Waals surface area contributed by atoms with Crippen LogP contribution in [0.4, 0.5) is 13.2 Å². The summed E-state index contributed by atoms with van der Waals surface area (Å²) in [6.45, 7) is 0.0412. The molecule has 24 heavy (non-hydrogen) atoms. The number of carbonyl (C=O) groups is 1. The Bertz CT molecular complexity index is 779. The molecule has 0 atom stereocenters. The number of halogens is 3. The molecule has 0 aliphatic heterocycles. The lowest BCUT2D eigenvalue weighted by Crippen LogP contribution is -2.37. The third-order valence-corrected chi connectivity index (χ3v) is 4.69. The largest absolute Gasteiger partial charge is 0.417 e. The van der Waals surface area contributed by atoms with Crippen molar-refractivity contribution in [2.45, 2.75) is 38.1 Å². The number of thiophene rings is 1. The van der Waals surface area contributed by atoms with Gasteiger partial charge in [-0.1, -0.05) is 6.07 Å². The van der Waals surface area contributed by atoms with Crippen molar-refractivity contribution in [2.75, 3.05) is 0 Å². The first kappa shape index (κ1) is 16.8. The Morgan fingerprint density at radius 1 is 1.29 bits per heavy atom. The van der Waals surface area contributed by atoms with Crippen LogP contribution in [0.2, 0.25) is 0 Å². The quantitative estimate of drug-likeness (QED) is 0.826. The van der Waals surface area contributed by atoms with Crippen molar-refractivity contribution in [3.8, 4) is 0 Å². The van der Waals surface area contributed by atoms with Gasteiger partial charge in [-0.2, -0.15) is 13.2 Å². The van der Waals surface area contributed by atoms with Crippen LogP contribution in [-0.2, 0) is 24.1 Å². The van der Waals surface area contributed by atoms with Crippen LogP contribution in [0.1, 0.15) is 23.3 Å². The van der Waals surface area contributed by atoms with Crippen LogP contribution in [0.5, 0.6) is 0 Å². The molecule has 128 valence electrons. The van der Waals surface area contributed by atoms with Gasteiger partial charge >= 0.3 is 6.18 Å². The van der Waals surface area contributed by atoms with Gasteiger partial charge in [-0.25, -0.2) is 0 Å². The van der Waals surface area contributed by atoms with E-state index in [0.29, 0.717) is 12.7 Å². The number of carbonyl (C=O) groups excluding carboxylic acids is 1. The predicted octanol–water partition coefficient (Wildman–Crippen LogP) is 3.12. The van der Waals surface area contributed by atoms with Crippen LogP contribution in [0.15, 0.2) is 40.6 Å². The van der Waals surface area contributed by atoms with Crippen LogP contribution in [0.3, 0.4) is 0 Å². The van der Waals surface area contributed by atoms with E-state index in [1.54, 1.807) is 4.90 Å². The summed E-state index contributed by atoms with van der Waals surface area (Å²) in [4.78, 5) is 27.0. The molecule has 8 heteroatoms. The number of pyridine rings is 1. The highest BCUT2D eigenvalue weighted by Gasteiger charge is 2.34. The molecule has 1 saturated carbocycles. The SMILES string of the molecule is O=C(Cn1cc(C(F)(F)F)ccc1=O)N(Cc1cccs1)C1CC1. The van der Waals surface area contributed by atoms with E-state index in [4.69, 9.17) is 0 Å². The molecule has 2 aromatic heterocycles. The second-order valence-corrected chi connectivity index (χ2v) is 6.75. The Labute approximate surface area is 140 Å². The third-order valence-electron chi connectivity index (χ3n) is 3.83. The molecule has 4 nitrogen and oxygen atoms in total. The van der Waals surface area contributed by atoms with Crippen molar-refractivity contribution in [1.29, 1.82) is 0 Å². The predicted molar refractivity (Wildman–Crippen MR) is 83.6 cm³/mol. The number of hydrogen-bond donors (Lipinski definition) is 0. The Morgan fingerprint density at radius 3 is 2.62 bits per heavy atom. The minimum absolute atomic E-state index is 0.112. The van der Waals surface area contributed by atoms with Gasteiger partial charge in [-0.3, -0.25) is 9.59 Å². The number of nitrogens with zero attached hydrogens (tertiary/aromatic N) is 2. The standard InChI is InChI=1S/C16H15F3N2O2S/c17-16(18,19)11-3-6-14(22)20(8-11)10-15(23)21(12-4-5-12)9-13-2-1-7-24-13/h1-3,6-8,12H,4-5,9-10H2. The molecule has 0 saturated heterocycles. The maximum atomic E-state index is 12.8. The molecule has 0 spiro atoms. The van der Waals surface area contributed by atoms with Crippen molar-refractivity contribution in [1.82, 2.24) is 9.47 Å². The summed E-state index contributed by atoms with van der Waals surface area (Å²) >= 11 is 1.52. The van der Waals surface area contributed by atoms with E-state index in [0.717, 1.165) is 34.4 Å². The zero-order valence-electron chi connectivity index (χ0n) is 12.6. The highest BCUT2D eigenvalue weighted by Crippen LogP contribution is 2.30. The molecule has 2 heterocycles. The Hall–Kier alpha value is -2.09. The zero-order valence-corrected chi connectivity index (χ0v) is 13.4. The zero-order chi connectivity index (χ0) is 17.3. The summed E-state index contributed by atoms with van der Waals surface area (Å²) in [7, 11) is 0. The second kappa shape index (κ2) is 6.43. The van der Waals surface area contributed by atoms with Crippen molar-refractivity contribution >= 4 is 17.2 Å². The third kappa shape index (κ3) is 3.87. The van der Waals surface area contributed by atoms with Crippen LogP contribution >= 0.6 is 11.3 Å². The van der Waals surface area contributed by atoms with Gasteiger partial charge < -0.3 is 9.47 Å². The molecule has 0 radical (unpaired) electrons. The van der Waals surface area contributed by atoms with Gasteiger partial charge in [0, 0.05) is 23.2 Å². The first-order valence-electron chi connectivity index (χ1n) is 7.44. The average Bonchev–Trinajstić information content (AvgIpc) is 3.22. The first-order valence-corrected chi connectivity index (χ1v) is 8.32. The Balaban J connectivity index is 1.79. The second-order valence-electron chi connectivity index (χ2n) is 5.71. The number of rotatable bonds is 5. The topological polar surface area (TPSA) is 42.3 Å².